The van der Waals surface area contributed by atoms with E-state index < -0.39 is 0 Å². The number of hydrogen-bond donors (Lipinski definition) is 3. The van der Waals surface area contributed by atoms with Gasteiger partial charge in [-0.25, -0.2) is 4.98 Å². The molecule has 1 heterocycles. The highest BCUT2D eigenvalue weighted by Crippen LogP contribution is 2.19. The summed E-state index contributed by atoms with van der Waals surface area (Å²) in [6, 6.07) is 2.80. The number of hydrogen-bond acceptors (Lipinski definition) is 4. The molecule has 98 valence electrons. The van der Waals surface area contributed by atoms with Crippen molar-refractivity contribution in [2.45, 2.75) is 19.9 Å². The van der Waals surface area contributed by atoms with Crippen molar-refractivity contribution in [1.29, 1.82) is 0 Å². The molecule has 0 aromatic carbocycles. The standard InChI is InChI=1S/C10H15N3O2.2ClH/c1-6(7(2)11)10(15)13-9-8(14)4-3-5-12-9;;/h3-7,14H,11H2,1-2H3,(H,12,13,15);2*1H. The number of rotatable bonds is 3. The average molecular weight is 282 g/mol. The summed E-state index contributed by atoms with van der Waals surface area (Å²) in [5, 5.41) is 11.9. The lowest BCUT2D eigenvalue weighted by Gasteiger charge is -2.15. The Morgan fingerprint density at radius 3 is 2.53 bits per heavy atom. The number of carbonyl (C=O) groups is 1. The number of nitrogens with one attached hydrogen (secondary N) is 1. The first-order valence-corrected chi connectivity index (χ1v) is 4.72. The van der Waals surface area contributed by atoms with E-state index in [1.165, 1.54) is 12.3 Å². The van der Waals surface area contributed by atoms with Gasteiger partial charge in [-0.15, -0.1) is 24.8 Å². The SMILES string of the molecule is CC(N)C(C)C(=O)Nc1ncccc1O.Cl.Cl. The third-order valence-corrected chi connectivity index (χ3v) is 2.23. The summed E-state index contributed by atoms with van der Waals surface area (Å²) in [7, 11) is 0. The summed E-state index contributed by atoms with van der Waals surface area (Å²) >= 11 is 0. The number of anilines is 1. The molecule has 0 spiro atoms. The number of halogens is 2. The zero-order valence-electron chi connectivity index (χ0n) is 9.58. The molecular formula is C10H17Cl2N3O2. The van der Waals surface area contributed by atoms with Crippen molar-refractivity contribution in [3.05, 3.63) is 18.3 Å². The lowest BCUT2D eigenvalue weighted by atomic mass is 10.0. The van der Waals surface area contributed by atoms with E-state index in [0.717, 1.165) is 0 Å². The van der Waals surface area contributed by atoms with Crippen molar-refractivity contribution in [2.24, 2.45) is 11.7 Å². The molecule has 0 aliphatic carbocycles. The van der Waals surface area contributed by atoms with Gasteiger partial charge in [0.25, 0.3) is 0 Å². The lowest BCUT2D eigenvalue weighted by molar-refractivity contribution is -0.119. The van der Waals surface area contributed by atoms with Crippen molar-refractivity contribution >= 4 is 36.5 Å². The first kappa shape index (κ1) is 18.3. The Labute approximate surface area is 113 Å². The largest absolute Gasteiger partial charge is 0.504 e. The molecule has 1 aromatic rings. The summed E-state index contributed by atoms with van der Waals surface area (Å²) in [6.45, 7) is 3.47. The van der Waals surface area contributed by atoms with E-state index in [9.17, 15) is 9.90 Å². The highest BCUT2D eigenvalue weighted by molar-refractivity contribution is 5.92. The number of aromatic hydroxyl groups is 1. The van der Waals surface area contributed by atoms with Gasteiger partial charge in [0.05, 0.1) is 5.92 Å². The van der Waals surface area contributed by atoms with Crippen LogP contribution in [0.5, 0.6) is 5.75 Å². The topological polar surface area (TPSA) is 88.2 Å². The molecule has 7 heteroatoms. The lowest BCUT2D eigenvalue weighted by Crippen LogP contribution is -2.34. The van der Waals surface area contributed by atoms with Crippen molar-refractivity contribution in [3.63, 3.8) is 0 Å². The molecule has 0 saturated carbocycles. The summed E-state index contributed by atoms with van der Waals surface area (Å²) < 4.78 is 0. The Balaban J connectivity index is 0. The molecule has 17 heavy (non-hydrogen) atoms. The molecule has 2 unspecified atom stereocenters. The molecular weight excluding hydrogens is 265 g/mol. The minimum atomic E-state index is -0.327. The van der Waals surface area contributed by atoms with Crippen molar-refractivity contribution < 1.29 is 9.90 Å². The maximum atomic E-state index is 11.6. The van der Waals surface area contributed by atoms with E-state index in [4.69, 9.17) is 5.73 Å². The fraction of sp³-hybridized carbons (Fsp3) is 0.400. The van der Waals surface area contributed by atoms with Gasteiger partial charge in [0.1, 0.15) is 0 Å². The number of aromatic nitrogens is 1. The minimum absolute atomic E-state index is 0. The summed E-state index contributed by atoms with van der Waals surface area (Å²) in [5.74, 6) is -0.469. The van der Waals surface area contributed by atoms with Gasteiger partial charge >= 0.3 is 0 Å². The fourth-order valence-electron chi connectivity index (χ4n) is 0.962. The Morgan fingerprint density at radius 1 is 1.47 bits per heavy atom. The van der Waals surface area contributed by atoms with Crippen molar-refractivity contribution in [3.8, 4) is 5.75 Å². The van der Waals surface area contributed by atoms with Crippen LogP contribution in [0.15, 0.2) is 18.3 Å². The summed E-state index contributed by atoms with van der Waals surface area (Å²) in [5.41, 5.74) is 5.58. The van der Waals surface area contributed by atoms with Crippen molar-refractivity contribution in [2.75, 3.05) is 5.32 Å². The smallest absolute Gasteiger partial charge is 0.230 e. The number of carbonyl (C=O) groups excluding carboxylic acids is 1. The quantitative estimate of drug-likeness (QED) is 0.784. The maximum absolute atomic E-state index is 11.6. The molecule has 0 bridgehead atoms. The van der Waals surface area contributed by atoms with Crippen LogP contribution in [-0.4, -0.2) is 22.0 Å². The fourth-order valence-corrected chi connectivity index (χ4v) is 0.962. The second-order valence-corrected chi connectivity index (χ2v) is 3.51. The predicted molar refractivity (Wildman–Crippen MR) is 71.8 cm³/mol. The van der Waals surface area contributed by atoms with Crippen LogP contribution in [-0.2, 0) is 4.79 Å². The van der Waals surface area contributed by atoms with Gasteiger partial charge in [-0.1, -0.05) is 6.92 Å². The van der Waals surface area contributed by atoms with Gasteiger partial charge in [-0.2, -0.15) is 0 Å². The third kappa shape index (κ3) is 5.21. The highest BCUT2D eigenvalue weighted by Gasteiger charge is 2.18. The number of nitrogens with two attached hydrogens (primary N) is 1. The predicted octanol–water partition coefficient (Wildman–Crippen LogP) is 1.55. The van der Waals surface area contributed by atoms with Crippen LogP contribution in [0.4, 0.5) is 5.82 Å². The van der Waals surface area contributed by atoms with Crippen LogP contribution < -0.4 is 11.1 Å². The van der Waals surface area contributed by atoms with Gasteiger partial charge in [0, 0.05) is 12.2 Å². The van der Waals surface area contributed by atoms with E-state index >= 15 is 0 Å². The Bertz CT molecular complexity index is 361. The van der Waals surface area contributed by atoms with Crippen LogP contribution in [0.25, 0.3) is 0 Å². The number of pyridine rings is 1. The van der Waals surface area contributed by atoms with E-state index in [2.05, 4.69) is 10.3 Å². The minimum Gasteiger partial charge on any atom is -0.504 e. The molecule has 5 nitrogen and oxygen atoms in total. The molecule has 4 N–H and O–H groups in total. The Hall–Kier alpha value is -1.04. The molecule has 0 aliphatic rings. The molecule has 2 atom stereocenters. The van der Waals surface area contributed by atoms with Crippen molar-refractivity contribution in [1.82, 2.24) is 4.98 Å². The van der Waals surface area contributed by atoms with Crippen LogP contribution in [0.1, 0.15) is 13.8 Å². The van der Waals surface area contributed by atoms with Gasteiger partial charge in [-0.3, -0.25) is 4.79 Å². The molecule has 0 aliphatic heterocycles. The molecule has 0 radical (unpaired) electrons. The molecule has 1 aromatic heterocycles. The highest BCUT2D eigenvalue weighted by atomic mass is 35.5. The van der Waals surface area contributed by atoms with Gasteiger partial charge in [0.15, 0.2) is 11.6 Å². The summed E-state index contributed by atoms with van der Waals surface area (Å²) in [4.78, 5) is 15.4. The molecule has 0 saturated heterocycles. The monoisotopic (exact) mass is 281 g/mol. The van der Waals surface area contributed by atoms with Gasteiger partial charge < -0.3 is 16.2 Å². The normalized spacial score (nSPS) is 12.6. The van der Waals surface area contributed by atoms with E-state index in [-0.39, 0.29) is 54.2 Å². The van der Waals surface area contributed by atoms with Gasteiger partial charge in [0.2, 0.25) is 5.91 Å². The van der Waals surface area contributed by atoms with E-state index in [1.807, 2.05) is 0 Å². The first-order chi connectivity index (χ1) is 7.02. The molecule has 1 amide bonds. The zero-order valence-corrected chi connectivity index (χ0v) is 11.2. The van der Waals surface area contributed by atoms with Crippen LogP contribution >= 0.6 is 24.8 Å². The average Bonchev–Trinajstić information content (AvgIpc) is 2.20. The van der Waals surface area contributed by atoms with Crippen LogP contribution in [0.3, 0.4) is 0 Å². The molecule has 1 rings (SSSR count). The third-order valence-electron chi connectivity index (χ3n) is 2.23. The van der Waals surface area contributed by atoms with E-state index in [0.29, 0.717) is 0 Å². The Kier molecular flexibility index (Phi) is 8.74. The summed E-state index contributed by atoms with van der Waals surface area (Å²) in [6.07, 6.45) is 1.49. The molecule has 0 fully saturated rings. The number of amides is 1. The zero-order chi connectivity index (χ0) is 11.4. The second kappa shape index (κ2) is 8.11. The second-order valence-electron chi connectivity index (χ2n) is 3.51. The number of nitrogens with zero attached hydrogens (tertiary/aromatic N) is 1. The van der Waals surface area contributed by atoms with E-state index in [1.54, 1.807) is 19.9 Å². The first-order valence-electron chi connectivity index (χ1n) is 4.72. The van der Waals surface area contributed by atoms with Crippen LogP contribution in [0.2, 0.25) is 0 Å². The Morgan fingerprint density at radius 2 is 2.06 bits per heavy atom. The maximum Gasteiger partial charge on any atom is 0.230 e. The van der Waals surface area contributed by atoms with Gasteiger partial charge in [-0.05, 0) is 19.1 Å². The van der Waals surface area contributed by atoms with Crippen LogP contribution in [0, 0.1) is 5.92 Å².